The van der Waals surface area contributed by atoms with E-state index in [1.54, 1.807) is 14.2 Å². The zero-order valence-electron chi connectivity index (χ0n) is 17.2. The second-order valence-electron chi connectivity index (χ2n) is 7.58. The zero-order valence-corrected chi connectivity index (χ0v) is 18.8. The first-order chi connectivity index (χ1) is 14.3. The standard InChI is InChI=1S/C24H22NO4.BrH/c1-4-17-21-14(7-8-18(26-2)24(21)27-3)15-5-6-16-20-13(9-10-25(17)22(15)20)11-19-23(16)29-12-28-19;/h5-8,11H,4,9-10,12H2,1-3H3;1H/q+1;/p-1. The molecule has 0 radical (unpaired) electrons. The van der Waals surface area contributed by atoms with Gasteiger partial charge in [0.25, 0.3) is 0 Å². The van der Waals surface area contributed by atoms with Gasteiger partial charge in [0.15, 0.2) is 35.2 Å². The van der Waals surface area contributed by atoms with Crippen molar-refractivity contribution in [3.05, 3.63) is 41.6 Å². The molecule has 0 bridgehead atoms. The summed E-state index contributed by atoms with van der Waals surface area (Å²) in [5.74, 6) is 3.30. The van der Waals surface area contributed by atoms with Crippen LogP contribution in [0, 0.1) is 0 Å². The van der Waals surface area contributed by atoms with E-state index < -0.39 is 0 Å². The molecule has 6 rings (SSSR count). The van der Waals surface area contributed by atoms with Crippen molar-refractivity contribution in [3.8, 4) is 23.0 Å². The van der Waals surface area contributed by atoms with Gasteiger partial charge in [0.1, 0.15) is 0 Å². The van der Waals surface area contributed by atoms with Crippen molar-refractivity contribution >= 4 is 32.4 Å². The summed E-state index contributed by atoms with van der Waals surface area (Å²) in [4.78, 5) is 0. The molecule has 0 aliphatic carbocycles. The fourth-order valence-electron chi connectivity index (χ4n) is 5.19. The molecule has 1 aromatic heterocycles. The molecule has 2 aliphatic rings. The van der Waals surface area contributed by atoms with Crippen LogP contribution in [0.5, 0.6) is 23.0 Å². The number of rotatable bonds is 3. The van der Waals surface area contributed by atoms with E-state index in [1.165, 1.54) is 32.9 Å². The predicted molar refractivity (Wildman–Crippen MR) is 111 cm³/mol. The van der Waals surface area contributed by atoms with Gasteiger partial charge >= 0.3 is 0 Å². The number of methoxy groups -OCH3 is 2. The normalized spacial score (nSPS) is 13.8. The van der Waals surface area contributed by atoms with Crippen LogP contribution in [0.4, 0.5) is 0 Å². The van der Waals surface area contributed by atoms with Crippen LogP contribution in [0.2, 0.25) is 0 Å². The number of hydrogen-bond donors (Lipinski definition) is 0. The number of benzene rings is 3. The lowest BCUT2D eigenvalue weighted by atomic mass is 9.91. The average molecular weight is 468 g/mol. The second kappa shape index (κ2) is 6.91. The van der Waals surface area contributed by atoms with E-state index in [9.17, 15) is 0 Å². The first-order valence-electron chi connectivity index (χ1n) is 10.0. The molecule has 3 heterocycles. The largest absolute Gasteiger partial charge is 1.00 e. The molecule has 0 amide bonds. The van der Waals surface area contributed by atoms with Crippen LogP contribution in [-0.2, 0) is 19.4 Å². The first kappa shape index (κ1) is 19.2. The number of hydrogen-bond acceptors (Lipinski definition) is 4. The highest BCUT2D eigenvalue weighted by atomic mass is 79.9. The molecule has 0 atom stereocenters. The molecule has 4 aromatic rings. The van der Waals surface area contributed by atoms with Gasteiger partial charge < -0.3 is 35.9 Å². The molecule has 6 heteroatoms. The number of ether oxygens (including phenoxy) is 4. The Balaban J connectivity index is 0.00000193. The molecule has 5 nitrogen and oxygen atoms in total. The van der Waals surface area contributed by atoms with Crippen molar-refractivity contribution in [1.29, 1.82) is 0 Å². The fraction of sp³-hybridized carbons (Fsp3) is 0.292. The van der Waals surface area contributed by atoms with Crippen LogP contribution in [0.1, 0.15) is 18.2 Å². The molecule has 0 saturated heterocycles. The van der Waals surface area contributed by atoms with E-state index in [4.69, 9.17) is 18.9 Å². The lowest BCUT2D eigenvalue weighted by Crippen LogP contribution is -3.00. The van der Waals surface area contributed by atoms with Crippen molar-refractivity contribution in [3.63, 3.8) is 0 Å². The Labute approximate surface area is 184 Å². The minimum atomic E-state index is 0. The summed E-state index contributed by atoms with van der Waals surface area (Å²) in [7, 11) is 3.41. The topological polar surface area (TPSA) is 40.8 Å². The average Bonchev–Trinajstić information content (AvgIpc) is 3.24. The van der Waals surface area contributed by atoms with Crippen LogP contribution in [0.15, 0.2) is 30.3 Å². The molecule has 2 aliphatic heterocycles. The van der Waals surface area contributed by atoms with Crippen molar-refractivity contribution in [2.24, 2.45) is 0 Å². The molecule has 0 saturated carbocycles. The second-order valence-corrected chi connectivity index (χ2v) is 7.58. The lowest BCUT2D eigenvalue weighted by molar-refractivity contribution is -0.677. The number of nitrogens with zero attached hydrogens (tertiary/aromatic N) is 1. The number of fused-ring (bicyclic) bond motifs is 4. The third-order valence-electron chi connectivity index (χ3n) is 6.35. The third kappa shape index (κ3) is 2.31. The lowest BCUT2D eigenvalue weighted by Gasteiger charge is -2.20. The Bertz CT molecular complexity index is 1350. The van der Waals surface area contributed by atoms with Gasteiger partial charge in [-0.1, -0.05) is 6.92 Å². The van der Waals surface area contributed by atoms with Crippen LogP contribution in [0.25, 0.3) is 32.4 Å². The highest BCUT2D eigenvalue weighted by molar-refractivity contribution is 6.17. The number of aryl methyl sites for hydroxylation is 3. The molecule has 0 unspecified atom stereocenters. The monoisotopic (exact) mass is 467 g/mol. The molecule has 0 spiro atoms. The van der Waals surface area contributed by atoms with Crippen molar-refractivity contribution in [2.75, 3.05) is 21.0 Å². The van der Waals surface area contributed by atoms with Crippen molar-refractivity contribution < 1.29 is 40.5 Å². The van der Waals surface area contributed by atoms with Gasteiger partial charge in [0.2, 0.25) is 12.3 Å². The molecule has 0 N–H and O–H groups in total. The highest BCUT2D eigenvalue weighted by Gasteiger charge is 2.32. The Morgan fingerprint density at radius 2 is 1.77 bits per heavy atom. The van der Waals surface area contributed by atoms with Crippen molar-refractivity contribution in [1.82, 2.24) is 0 Å². The van der Waals surface area contributed by atoms with Gasteiger partial charge in [0.05, 0.1) is 30.4 Å². The molecular weight excluding hydrogens is 446 g/mol. The minimum Gasteiger partial charge on any atom is -1.00 e. The Morgan fingerprint density at radius 1 is 0.967 bits per heavy atom. The van der Waals surface area contributed by atoms with Gasteiger partial charge in [-0.05, 0) is 35.9 Å². The summed E-state index contributed by atoms with van der Waals surface area (Å²) in [6.45, 7) is 3.43. The predicted octanol–water partition coefficient (Wildman–Crippen LogP) is 1.30. The quantitative estimate of drug-likeness (QED) is 0.336. The van der Waals surface area contributed by atoms with Crippen LogP contribution in [0.3, 0.4) is 0 Å². The highest BCUT2D eigenvalue weighted by Crippen LogP contribution is 2.46. The summed E-state index contributed by atoms with van der Waals surface area (Å²) < 4.78 is 25.4. The van der Waals surface area contributed by atoms with Gasteiger partial charge in [-0.3, -0.25) is 0 Å². The maximum atomic E-state index is 5.83. The summed E-state index contributed by atoms with van der Waals surface area (Å²) in [5, 5.41) is 5.98. The van der Waals surface area contributed by atoms with Crippen LogP contribution in [-0.4, -0.2) is 21.0 Å². The fourth-order valence-corrected chi connectivity index (χ4v) is 5.19. The molecule has 154 valence electrons. The number of halogens is 1. The Kier molecular flexibility index (Phi) is 4.43. The summed E-state index contributed by atoms with van der Waals surface area (Å²) in [6, 6.07) is 10.7. The Morgan fingerprint density at radius 3 is 2.53 bits per heavy atom. The van der Waals surface area contributed by atoms with E-state index in [1.807, 2.05) is 6.07 Å². The SMILES string of the molecule is CCc1c2c(OC)c(OC)ccc2c2ccc3c4c(cc5c3c2[n+]1CC5)OCO4.[Br-]. The maximum absolute atomic E-state index is 5.83. The van der Waals surface area contributed by atoms with Gasteiger partial charge in [-0.25, -0.2) is 0 Å². The minimum absolute atomic E-state index is 0. The van der Waals surface area contributed by atoms with Crippen LogP contribution < -0.4 is 40.5 Å². The maximum Gasteiger partial charge on any atom is 0.231 e. The van der Waals surface area contributed by atoms with E-state index in [0.29, 0.717) is 6.79 Å². The van der Waals surface area contributed by atoms with E-state index >= 15 is 0 Å². The Hall–Kier alpha value is -2.73. The van der Waals surface area contributed by atoms with E-state index in [-0.39, 0.29) is 17.0 Å². The van der Waals surface area contributed by atoms with Crippen LogP contribution >= 0.6 is 0 Å². The first-order valence-corrected chi connectivity index (χ1v) is 10.0. The third-order valence-corrected chi connectivity index (χ3v) is 6.35. The van der Waals surface area contributed by atoms with Crippen molar-refractivity contribution in [2.45, 2.75) is 26.3 Å². The van der Waals surface area contributed by atoms with E-state index in [2.05, 4.69) is 35.8 Å². The molecule has 3 aromatic carbocycles. The zero-order chi connectivity index (χ0) is 19.7. The van der Waals surface area contributed by atoms with E-state index in [0.717, 1.165) is 53.2 Å². The number of aromatic nitrogens is 1. The molecule has 0 fully saturated rings. The number of pyridine rings is 1. The molecular formula is C24H22BrNO4. The van der Waals surface area contributed by atoms with Gasteiger partial charge in [-0.15, -0.1) is 0 Å². The summed E-state index contributed by atoms with van der Waals surface area (Å²) in [5.41, 5.74) is 3.88. The summed E-state index contributed by atoms with van der Waals surface area (Å²) >= 11 is 0. The van der Waals surface area contributed by atoms with Gasteiger partial charge in [-0.2, -0.15) is 4.57 Å². The summed E-state index contributed by atoms with van der Waals surface area (Å²) in [6.07, 6.45) is 1.88. The molecule has 30 heavy (non-hydrogen) atoms. The smallest absolute Gasteiger partial charge is 0.231 e. The van der Waals surface area contributed by atoms with Gasteiger partial charge in [0, 0.05) is 23.6 Å².